The summed E-state index contributed by atoms with van der Waals surface area (Å²) in [5.74, 6) is -1.82. The number of rotatable bonds is 4. The first-order valence-electron chi connectivity index (χ1n) is 3.04. The van der Waals surface area contributed by atoms with E-state index < -0.39 is 18.4 Å². The first-order valence-corrected chi connectivity index (χ1v) is 3.04. The molecule has 0 spiro atoms. The van der Waals surface area contributed by atoms with Gasteiger partial charge in [0, 0.05) is 0 Å². The van der Waals surface area contributed by atoms with Gasteiger partial charge in [0.15, 0.2) is 0 Å². The Balaban J connectivity index is -0.000000405. The number of carbonyl (C=O) groups is 2. The lowest BCUT2D eigenvalue weighted by Gasteiger charge is -1.98. The van der Waals surface area contributed by atoms with Gasteiger partial charge in [-0.05, 0) is 6.42 Å². The fourth-order valence-corrected chi connectivity index (χ4v) is 0.390. The van der Waals surface area contributed by atoms with Crippen LogP contribution in [0, 0.1) is 0 Å². The van der Waals surface area contributed by atoms with E-state index in [-0.39, 0.29) is 14.9 Å². The summed E-state index contributed by atoms with van der Waals surface area (Å²) in [5.41, 5.74) is 0. The van der Waals surface area contributed by atoms with Crippen molar-refractivity contribution in [3.63, 3.8) is 0 Å². The van der Waals surface area contributed by atoms with Gasteiger partial charge < -0.3 is 9.84 Å². The molecule has 12 heavy (non-hydrogen) atoms. The largest absolute Gasteiger partial charge is 0.481 e. The molecule has 0 saturated carbocycles. The van der Waals surface area contributed by atoms with Crippen LogP contribution in [0.1, 0.15) is 34.6 Å². The minimum atomic E-state index is -1.15. The minimum Gasteiger partial charge on any atom is -0.481 e. The highest BCUT2D eigenvalue weighted by molar-refractivity contribution is 5.90. The van der Waals surface area contributed by atoms with Crippen LogP contribution in [0.15, 0.2) is 0 Å². The maximum absolute atomic E-state index is 10.4. The third-order valence-electron chi connectivity index (χ3n) is 0.763. The van der Waals surface area contributed by atoms with E-state index in [4.69, 9.17) is 5.11 Å². The molecule has 0 aromatic rings. The normalized spacial score (nSPS) is 7.42. The number of carboxylic acids is 1. The van der Waals surface area contributed by atoms with Crippen LogP contribution < -0.4 is 0 Å². The van der Waals surface area contributed by atoms with Crippen LogP contribution in [-0.4, -0.2) is 23.7 Å². The molecule has 0 radical (unpaired) electrons. The Morgan fingerprint density at radius 3 is 2.17 bits per heavy atom. The van der Waals surface area contributed by atoms with E-state index in [1.165, 1.54) is 0 Å². The average Bonchev–Trinajstić information content (AvgIpc) is 1.82. The molecule has 0 aliphatic carbocycles. The second-order valence-electron chi connectivity index (χ2n) is 1.79. The molecule has 0 aromatic carbocycles. The zero-order chi connectivity index (χ0) is 7.98. The summed E-state index contributed by atoms with van der Waals surface area (Å²) in [6, 6.07) is 0. The van der Waals surface area contributed by atoms with E-state index in [1.807, 2.05) is 6.92 Å². The number of aliphatic carboxylic acids is 1. The van der Waals surface area contributed by atoms with Gasteiger partial charge in [-0.3, -0.25) is 9.59 Å². The number of ether oxygens (including phenoxy) is 1. The molecule has 0 aromatic heterocycles. The van der Waals surface area contributed by atoms with Gasteiger partial charge in [-0.15, -0.1) is 0 Å². The van der Waals surface area contributed by atoms with Gasteiger partial charge in [0.1, 0.15) is 6.42 Å². The lowest BCUT2D eigenvalue weighted by Crippen LogP contribution is -2.10. The van der Waals surface area contributed by atoms with E-state index in [1.54, 1.807) is 0 Å². The smallest absolute Gasteiger partial charge is 0.317 e. The molecule has 1 N–H and O–H groups in total. The zero-order valence-electron chi connectivity index (χ0n) is 5.79. The van der Waals surface area contributed by atoms with Crippen LogP contribution in [0.4, 0.5) is 0 Å². The van der Waals surface area contributed by atoms with Crippen molar-refractivity contribution in [2.75, 3.05) is 6.61 Å². The minimum absolute atomic E-state index is 0. The van der Waals surface area contributed by atoms with E-state index in [2.05, 4.69) is 4.74 Å². The topological polar surface area (TPSA) is 63.6 Å². The van der Waals surface area contributed by atoms with Crippen LogP contribution in [0.2, 0.25) is 0 Å². The number of hydrogen-bond acceptors (Lipinski definition) is 3. The molecule has 0 unspecified atom stereocenters. The molecule has 0 bridgehead atoms. The van der Waals surface area contributed by atoms with E-state index in [0.717, 1.165) is 0 Å². The van der Waals surface area contributed by atoms with Crippen LogP contribution in [0.25, 0.3) is 0 Å². The lowest BCUT2D eigenvalue weighted by molar-refractivity contribution is -0.151. The molecule has 0 saturated heterocycles. The Morgan fingerprint density at radius 1 is 1.33 bits per heavy atom. The van der Waals surface area contributed by atoms with Crippen LogP contribution in [0.3, 0.4) is 0 Å². The Bertz CT molecular complexity index is 131. The molecule has 0 atom stereocenters. The monoisotopic (exact) mass is 178 g/mol. The van der Waals surface area contributed by atoms with Gasteiger partial charge in [-0.1, -0.05) is 21.8 Å². The summed E-state index contributed by atoms with van der Waals surface area (Å²) in [6.45, 7) is 2.14. The van der Waals surface area contributed by atoms with Crippen molar-refractivity contribution < 1.29 is 19.4 Å². The van der Waals surface area contributed by atoms with Gasteiger partial charge in [0.25, 0.3) is 0 Å². The highest BCUT2D eigenvalue weighted by atomic mass is 16.5. The Labute approximate surface area is 73.5 Å². The maximum atomic E-state index is 10.4. The predicted octanol–water partition coefficient (Wildman–Crippen LogP) is 1.69. The molecule has 0 heterocycles. The second-order valence-corrected chi connectivity index (χ2v) is 1.79. The number of esters is 1. The molecule has 74 valence electrons. The van der Waals surface area contributed by atoms with Crippen molar-refractivity contribution in [1.82, 2.24) is 0 Å². The number of carboxylic acid groups (broad SMARTS) is 1. The van der Waals surface area contributed by atoms with Crippen molar-refractivity contribution in [3.05, 3.63) is 0 Å². The molecular weight excluding hydrogens is 160 g/mol. The standard InChI is InChI=1S/C6H10O4.2CH4/c1-2-3-10-6(9)4-5(7)8;;/h2-4H2,1H3,(H,7,8);2*1H4. The average molecular weight is 178 g/mol. The van der Waals surface area contributed by atoms with Crippen molar-refractivity contribution >= 4 is 11.9 Å². The highest BCUT2D eigenvalue weighted by Gasteiger charge is 2.06. The Kier molecular flexibility index (Phi) is 14.2. The summed E-state index contributed by atoms with van der Waals surface area (Å²) >= 11 is 0. The molecule has 0 rings (SSSR count). The molecule has 0 aliphatic rings. The summed E-state index contributed by atoms with van der Waals surface area (Å²) in [4.78, 5) is 20.3. The molecule has 0 fully saturated rings. The number of carbonyl (C=O) groups excluding carboxylic acids is 1. The molecule has 0 aliphatic heterocycles. The fourth-order valence-electron chi connectivity index (χ4n) is 0.390. The third kappa shape index (κ3) is 11.7. The Hall–Kier alpha value is -1.06. The summed E-state index contributed by atoms with van der Waals surface area (Å²) in [5, 5.41) is 8.08. The SMILES string of the molecule is C.C.CCCOC(=O)CC(=O)O. The van der Waals surface area contributed by atoms with Crippen molar-refractivity contribution in [1.29, 1.82) is 0 Å². The predicted molar refractivity (Wildman–Crippen MR) is 47.0 cm³/mol. The maximum Gasteiger partial charge on any atom is 0.317 e. The molecular formula is C8H18O4. The van der Waals surface area contributed by atoms with Gasteiger partial charge in [0.2, 0.25) is 0 Å². The summed E-state index contributed by atoms with van der Waals surface area (Å²) in [7, 11) is 0. The Morgan fingerprint density at radius 2 is 1.83 bits per heavy atom. The van der Waals surface area contributed by atoms with E-state index in [0.29, 0.717) is 13.0 Å². The summed E-state index contributed by atoms with van der Waals surface area (Å²) < 4.78 is 4.48. The summed E-state index contributed by atoms with van der Waals surface area (Å²) in [6.07, 6.45) is 0.172. The van der Waals surface area contributed by atoms with Gasteiger partial charge >= 0.3 is 11.9 Å². The first-order chi connectivity index (χ1) is 4.66. The van der Waals surface area contributed by atoms with Gasteiger partial charge in [-0.2, -0.15) is 0 Å². The molecule has 0 amide bonds. The van der Waals surface area contributed by atoms with Crippen LogP contribution >= 0.6 is 0 Å². The second kappa shape index (κ2) is 9.94. The third-order valence-corrected chi connectivity index (χ3v) is 0.763. The van der Waals surface area contributed by atoms with E-state index in [9.17, 15) is 9.59 Å². The van der Waals surface area contributed by atoms with Crippen LogP contribution in [-0.2, 0) is 14.3 Å². The molecule has 4 heteroatoms. The van der Waals surface area contributed by atoms with Crippen molar-refractivity contribution in [2.24, 2.45) is 0 Å². The van der Waals surface area contributed by atoms with Crippen molar-refractivity contribution in [2.45, 2.75) is 34.6 Å². The number of hydrogen-bond donors (Lipinski definition) is 1. The quantitative estimate of drug-likeness (QED) is 0.525. The van der Waals surface area contributed by atoms with Crippen molar-refractivity contribution in [3.8, 4) is 0 Å². The highest BCUT2D eigenvalue weighted by Crippen LogP contribution is 1.87. The van der Waals surface area contributed by atoms with Gasteiger partial charge in [0.05, 0.1) is 6.61 Å². The van der Waals surface area contributed by atoms with Crippen LogP contribution in [0.5, 0.6) is 0 Å². The first kappa shape index (κ1) is 17.1. The lowest BCUT2D eigenvalue weighted by atomic mass is 10.4. The molecule has 4 nitrogen and oxygen atoms in total. The van der Waals surface area contributed by atoms with E-state index >= 15 is 0 Å². The zero-order valence-corrected chi connectivity index (χ0v) is 5.79. The fraction of sp³-hybridized carbons (Fsp3) is 0.750. The van der Waals surface area contributed by atoms with Gasteiger partial charge in [-0.25, -0.2) is 0 Å².